The number of urea groups is 1. The largest absolute Gasteiger partial charge is 0.385 e. The van der Waals surface area contributed by atoms with Gasteiger partial charge in [-0.05, 0) is 31.7 Å². The Morgan fingerprint density at radius 3 is 2.56 bits per heavy atom. The highest BCUT2D eigenvalue weighted by Crippen LogP contribution is 2.21. The van der Waals surface area contributed by atoms with Crippen molar-refractivity contribution in [2.75, 3.05) is 47.4 Å². The van der Waals surface area contributed by atoms with Crippen LogP contribution in [-0.4, -0.2) is 74.1 Å². The van der Waals surface area contributed by atoms with Crippen LogP contribution in [0.15, 0.2) is 24.3 Å². The van der Waals surface area contributed by atoms with Crippen molar-refractivity contribution in [1.29, 1.82) is 0 Å². The van der Waals surface area contributed by atoms with Gasteiger partial charge in [-0.3, -0.25) is 4.79 Å². The SMILES string of the molecule is COCCCN(Cc1ccc(C)cc1)C(=O)C1CCCN(C(=O)N(C)C)C1. The Balaban J connectivity index is 2.07. The summed E-state index contributed by atoms with van der Waals surface area (Å²) in [4.78, 5) is 30.8. The Morgan fingerprint density at radius 2 is 1.93 bits per heavy atom. The first-order chi connectivity index (χ1) is 12.9. The number of aryl methyl sites for hydroxylation is 1. The monoisotopic (exact) mass is 375 g/mol. The maximum absolute atomic E-state index is 13.2. The van der Waals surface area contributed by atoms with Crippen LogP contribution in [0.2, 0.25) is 0 Å². The highest BCUT2D eigenvalue weighted by Gasteiger charge is 2.31. The summed E-state index contributed by atoms with van der Waals surface area (Å²) in [5, 5.41) is 0. The predicted molar refractivity (Wildman–Crippen MR) is 106 cm³/mol. The zero-order valence-corrected chi connectivity index (χ0v) is 17.1. The van der Waals surface area contributed by atoms with Crippen LogP contribution in [0.1, 0.15) is 30.4 Å². The van der Waals surface area contributed by atoms with E-state index in [1.54, 1.807) is 31.0 Å². The quantitative estimate of drug-likeness (QED) is 0.689. The Morgan fingerprint density at radius 1 is 1.22 bits per heavy atom. The van der Waals surface area contributed by atoms with Crippen LogP contribution >= 0.6 is 0 Å². The number of amides is 3. The first-order valence-electron chi connectivity index (χ1n) is 9.72. The second-order valence-corrected chi connectivity index (χ2v) is 7.55. The molecule has 1 heterocycles. The first-order valence-corrected chi connectivity index (χ1v) is 9.72. The maximum Gasteiger partial charge on any atom is 0.319 e. The van der Waals surface area contributed by atoms with Gasteiger partial charge in [0.2, 0.25) is 5.91 Å². The van der Waals surface area contributed by atoms with Gasteiger partial charge in [0, 0.05) is 54.0 Å². The van der Waals surface area contributed by atoms with Crippen LogP contribution in [0, 0.1) is 12.8 Å². The number of nitrogens with zero attached hydrogens (tertiary/aromatic N) is 3. The standard InChI is InChI=1S/C21H33N3O3/c1-17-8-10-18(11-9-17)15-23(13-6-14-27-4)20(25)19-7-5-12-24(16-19)21(26)22(2)3/h8-11,19H,5-7,12-16H2,1-4H3. The molecule has 1 fully saturated rings. The number of methoxy groups -OCH3 is 1. The number of ether oxygens (including phenoxy) is 1. The van der Waals surface area contributed by atoms with E-state index in [-0.39, 0.29) is 17.9 Å². The minimum atomic E-state index is -0.129. The molecule has 2 rings (SSSR count). The number of benzene rings is 1. The molecule has 1 aromatic rings. The van der Waals surface area contributed by atoms with Crippen molar-refractivity contribution in [3.63, 3.8) is 0 Å². The second kappa shape index (κ2) is 10.3. The van der Waals surface area contributed by atoms with Crippen molar-refractivity contribution in [3.8, 4) is 0 Å². The summed E-state index contributed by atoms with van der Waals surface area (Å²) in [5.74, 6) is 0.0126. The molecule has 0 N–H and O–H groups in total. The average Bonchev–Trinajstić information content (AvgIpc) is 2.67. The van der Waals surface area contributed by atoms with Crippen LogP contribution in [-0.2, 0) is 16.1 Å². The lowest BCUT2D eigenvalue weighted by Gasteiger charge is -2.36. The smallest absolute Gasteiger partial charge is 0.319 e. The molecule has 0 aliphatic carbocycles. The minimum Gasteiger partial charge on any atom is -0.385 e. The molecule has 0 radical (unpaired) electrons. The summed E-state index contributed by atoms with van der Waals surface area (Å²) < 4.78 is 5.16. The Hall–Kier alpha value is -2.08. The van der Waals surface area contributed by atoms with Gasteiger partial charge in [-0.25, -0.2) is 4.79 Å². The summed E-state index contributed by atoms with van der Waals surface area (Å²) in [6, 6.07) is 8.29. The van der Waals surface area contributed by atoms with Crippen molar-refractivity contribution < 1.29 is 14.3 Å². The van der Waals surface area contributed by atoms with Crippen molar-refractivity contribution in [3.05, 3.63) is 35.4 Å². The van der Waals surface area contributed by atoms with E-state index >= 15 is 0 Å². The molecule has 0 saturated carbocycles. The van der Waals surface area contributed by atoms with E-state index in [9.17, 15) is 9.59 Å². The molecule has 6 nitrogen and oxygen atoms in total. The van der Waals surface area contributed by atoms with E-state index in [0.717, 1.165) is 31.4 Å². The lowest BCUT2D eigenvalue weighted by molar-refractivity contribution is -0.137. The number of rotatable bonds is 7. The fraction of sp³-hybridized carbons (Fsp3) is 0.619. The summed E-state index contributed by atoms with van der Waals surface area (Å²) >= 11 is 0. The van der Waals surface area contributed by atoms with E-state index in [0.29, 0.717) is 26.2 Å². The third kappa shape index (κ3) is 6.24. The molecule has 6 heteroatoms. The molecular weight excluding hydrogens is 342 g/mol. The van der Waals surface area contributed by atoms with Gasteiger partial charge in [0.15, 0.2) is 0 Å². The fourth-order valence-corrected chi connectivity index (χ4v) is 3.47. The Kier molecular flexibility index (Phi) is 8.10. The van der Waals surface area contributed by atoms with Crippen LogP contribution in [0.25, 0.3) is 0 Å². The van der Waals surface area contributed by atoms with Crippen molar-refractivity contribution in [2.24, 2.45) is 5.92 Å². The average molecular weight is 376 g/mol. The molecule has 1 unspecified atom stereocenters. The van der Waals surface area contributed by atoms with Gasteiger partial charge in [-0.15, -0.1) is 0 Å². The van der Waals surface area contributed by atoms with Crippen molar-refractivity contribution in [2.45, 2.75) is 32.7 Å². The van der Waals surface area contributed by atoms with Crippen LogP contribution in [0.4, 0.5) is 4.79 Å². The van der Waals surface area contributed by atoms with Gasteiger partial charge < -0.3 is 19.4 Å². The highest BCUT2D eigenvalue weighted by molar-refractivity contribution is 5.81. The molecule has 1 aliphatic rings. The maximum atomic E-state index is 13.2. The van der Waals surface area contributed by atoms with Crippen molar-refractivity contribution in [1.82, 2.24) is 14.7 Å². The number of hydrogen-bond acceptors (Lipinski definition) is 3. The number of likely N-dealkylation sites (tertiary alicyclic amines) is 1. The topological polar surface area (TPSA) is 53.1 Å². The zero-order chi connectivity index (χ0) is 19.8. The third-order valence-corrected chi connectivity index (χ3v) is 5.01. The van der Waals surface area contributed by atoms with Crippen molar-refractivity contribution >= 4 is 11.9 Å². The molecular formula is C21H33N3O3. The lowest BCUT2D eigenvalue weighted by atomic mass is 9.96. The molecule has 1 atom stereocenters. The number of hydrogen-bond donors (Lipinski definition) is 0. The van der Waals surface area contributed by atoms with Crippen LogP contribution < -0.4 is 0 Å². The third-order valence-electron chi connectivity index (χ3n) is 5.01. The van der Waals surface area contributed by atoms with Gasteiger partial charge >= 0.3 is 6.03 Å². The Bertz CT molecular complexity index is 616. The zero-order valence-electron chi connectivity index (χ0n) is 17.1. The summed E-state index contributed by atoms with van der Waals surface area (Å²) in [6.07, 6.45) is 2.51. The molecule has 0 bridgehead atoms. The molecule has 1 aliphatic heterocycles. The number of carbonyl (C=O) groups is 2. The Labute approximate surface area is 163 Å². The van der Waals surface area contributed by atoms with Crippen LogP contribution in [0.3, 0.4) is 0 Å². The van der Waals surface area contributed by atoms with Gasteiger partial charge in [0.25, 0.3) is 0 Å². The minimum absolute atomic E-state index is 0.0167. The number of piperidine rings is 1. The van der Waals surface area contributed by atoms with Crippen LogP contribution in [0.5, 0.6) is 0 Å². The molecule has 3 amide bonds. The van der Waals surface area contributed by atoms with E-state index in [2.05, 4.69) is 31.2 Å². The van der Waals surface area contributed by atoms with E-state index < -0.39 is 0 Å². The molecule has 0 aromatic heterocycles. The summed E-state index contributed by atoms with van der Waals surface area (Å²) in [7, 11) is 5.18. The van der Waals surface area contributed by atoms with E-state index in [4.69, 9.17) is 4.74 Å². The molecule has 0 spiro atoms. The summed E-state index contributed by atoms with van der Waals surface area (Å²) in [5.41, 5.74) is 2.34. The lowest BCUT2D eigenvalue weighted by Crippen LogP contribution is -2.49. The van der Waals surface area contributed by atoms with Gasteiger partial charge in [-0.2, -0.15) is 0 Å². The summed E-state index contributed by atoms with van der Waals surface area (Å²) in [6.45, 7) is 5.18. The molecule has 150 valence electrons. The van der Waals surface area contributed by atoms with E-state index in [1.165, 1.54) is 5.56 Å². The first kappa shape index (κ1) is 21.2. The second-order valence-electron chi connectivity index (χ2n) is 7.55. The predicted octanol–water partition coefficient (Wildman–Crippen LogP) is 2.75. The molecule has 1 saturated heterocycles. The van der Waals surface area contributed by atoms with Gasteiger partial charge in [0.05, 0.1) is 5.92 Å². The van der Waals surface area contributed by atoms with E-state index in [1.807, 2.05) is 4.90 Å². The highest BCUT2D eigenvalue weighted by atomic mass is 16.5. The normalized spacial score (nSPS) is 16.9. The van der Waals surface area contributed by atoms with Gasteiger partial charge in [-0.1, -0.05) is 29.8 Å². The number of carbonyl (C=O) groups excluding carboxylic acids is 2. The molecule has 1 aromatic carbocycles. The fourth-order valence-electron chi connectivity index (χ4n) is 3.47. The molecule has 27 heavy (non-hydrogen) atoms. The van der Waals surface area contributed by atoms with Gasteiger partial charge in [0.1, 0.15) is 0 Å².